The van der Waals surface area contributed by atoms with Gasteiger partial charge in [-0.25, -0.2) is 0 Å². The Morgan fingerprint density at radius 1 is 1.29 bits per heavy atom. The number of hydrogen-bond donors (Lipinski definition) is 1. The van der Waals surface area contributed by atoms with Gasteiger partial charge in [-0.15, -0.1) is 0 Å². The van der Waals surface area contributed by atoms with E-state index in [0.717, 1.165) is 18.1 Å². The van der Waals surface area contributed by atoms with Gasteiger partial charge in [0.2, 0.25) is 0 Å². The highest BCUT2D eigenvalue weighted by Crippen LogP contribution is 2.22. The van der Waals surface area contributed by atoms with Crippen LogP contribution in [0.3, 0.4) is 0 Å². The fourth-order valence-corrected chi connectivity index (χ4v) is 2.38. The number of likely N-dealkylation sites (tertiary alicyclic amines) is 1. The number of nitrogens with one attached hydrogen (secondary N) is 1. The van der Waals surface area contributed by atoms with Crippen molar-refractivity contribution in [2.24, 2.45) is 0 Å². The van der Waals surface area contributed by atoms with E-state index < -0.39 is 0 Å². The minimum absolute atomic E-state index is 0.777. The minimum atomic E-state index is 0.777. The fourth-order valence-electron chi connectivity index (χ4n) is 2.38. The third kappa shape index (κ3) is 2.71. The van der Waals surface area contributed by atoms with Crippen molar-refractivity contribution in [1.29, 1.82) is 0 Å². The molecule has 2 nitrogen and oxygen atoms in total. The second kappa shape index (κ2) is 4.63. The van der Waals surface area contributed by atoms with Gasteiger partial charge in [0, 0.05) is 24.7 Å². The maximum Gasteiger partial charge on any atom is 0.0198 e. The van der Waals surface area contributed by atoms with Crippen LogP contribution in [0.2, 0.25) is 0 Å². The van der Waals surface area contributed by atoms with Gasteiger partial charge in [0.1, 0.15) is 0 Å². The van der Waals surface area contributed by atoms with Gasteiger partial charge < -0.3 is 5.32 Å². The quantitative estimate of drug-likeness (QED) is 0.740. The summed E-state index contributed by atoms with van der Waals surface area (Å²) in [6.45, 7) is 7.26. The van der Waals surface area contributed by atoms with E-state index in [2.05, 4.69) is 24.1 Å². The molecule has 0 amide bonds. The molecule has 2 fully saturated rings. The van der Waals surface area contributed by atoms with E-state index in [4.69, 9.17) is 0 Å². The zero-order valence-corrected chi connectivity index (χ0v) is 9.63. The first-order chi connectivity index (χ1) is 6.79. The van der Waals surface area contributed by atoms with Crippen molar-refractivity contribution in [3.05, 3.63) is 0 Å². The van der Waals surface area contributed by atoms with Gasteiger partial charge in [-0.2, -0.15) is 0 Å². The number of hydrogen-bond acceptors (Lipinski definition) is 2. The van der Waals surface area contributed by atoms with Gasteiger partial charge in [0.25, 0.3) is 0 Å². The molecule has 2 heteroatoms. The standard InChI is InChI=1S/C12H24N2/c1-3-10(2)14-8-4-5-12(9-14)13-11-6-7-11/h10-13H,3-9H2,1-2H3. The van der Waals surface area contributed by atoms with Crippen LogP contribution in [-0.4, -0.2) is 36.1 Å². The Kier molecular flexibility index (Phi) is 3.45. The van der Waals surface area contributed by atoms with Crippen molar-refractivity contribution < 1.29 is 0 Å². The lowest BCUT2D eigenvalue weighted by molar-refractivity contribution is 0.142. The zero-order valence-electron chi connectivity index (χ0n) is 9.63. The fraction of sp³-hybridized carbons (Fsp3) is 1.00. The van der Waals surface area contributed by atoms with E-state index in [9.17, 15) is 0 Å². The second-order valence-corrected chi connectivity index (χ2v) is 5.03. The van der Waals surface area contributed by atoms with Crippen LogP contribution >= 0.6 is 0 Å². The monoisotopic (exact) mass is 196 g/mol. The van der Waals surface area contributed by atoms with Crippen LogP contribution < -0.4 is 5.32 Å². The largest absolute Gasteiger partial charge is 0.310 e. The van der Waals surface area contributed by atoms with Gasteiger partial charge in [-0.05, 0) is 45.6 Å². The summed E-state index contributed by atoms with van der Waals surface area (Å²) in [5.41, 5.74) is 0. The van der Waals surface area contributed by atoms with Gasteiger partial charge in [-0.1, -0.05) is 6.92 Å². The van der Waals surface area contributed by atoms with Crippen LogP contribution in [0.1, 0.15) is 46.0 Å². The maximum atomic E-state index is 3.76. The van der Waals surface area contributed by atoms with Crippen molar-refractivity contribution in [3.63, 3.8) is 0 Å². The molecule has 2 unspecified atom stereocenters. The molecular weight excluding hydrogens is 172 g/mol. The first-order valence-electron chi connectivity index (χ1n) is 6.29. The summed E-state index contributed by atoms with van der Waals surface area (Å²) in [5, 5.41) is 3.76. The predicted molar refractivity (Wildman–Crippen MR) is 60.5 cm³/mol. The summed E-state index contributed by atoms with van der Waals surface area (Å²) in [7, 11) is 0. The predicted octanol–water partition coefficient (Wildman–Crippen LogP) is 2.00. The van der Waals surface area contributed by atoms with E-state index in [1.54, 1.807) is 0 Å². The molecular formula is C12H24N2. The smallest absolute Gasteiger partial charge is 0.0198 e. The Labute approximate surface area is 88.1 Å². The van der Waals surface area contributed by atoms with E-state index in [-0.39, 0.29) is 0 Å². The molecule has 1 saturated carbocycles. The topological polar surface area (TPSA) is 15.3 Å². The molecule has 2 rings (SSSR count). The summed E-state index contributed by atoms with van der Waals surface area (Å²) in [6.07, 6.45) is 6.90. The highest BCUT2D eigenvalue weighted by molar-refractivity contribution is 4.88. The zero-order chi connectivity index (χ0) is 9.97. The average molecular weight is 196 g/mol. The van der Waals surface area contributed by atoms with E-state index in [1.807, 2.05) is 0 Å². The highest BCUT2D eigenvalue weighted by atomic mass is 15.2. The number of rotatable bonds is 4. The maximum absolute atomic E-state index is 3.76. The Balaban J connectivity index is 1.77. The molecule has 2 atom stereocenters. The van der Waals surface area contributed by atoms with Gasteiger partial charge >= 0.3 is 0 Å². The van der Waals surface area contributed by atoms with E-state index >= 15 is 0 Å². The molecule has 14 heavy (non-hydrogen) atoms. The summed E-state index contributed by atoms with van der Waals surface area (Å²) >= 11 is 0. The minimum Gasteiger partial charge on any atom is -0.310 e. The molecule has 2 aliphatic rings. The Morgan fingerprint density at radius 3 is 2.71 bits per heavy atom. The molecule has 1 aliphatic carbocycles. The number of piperidine rings is 1. The SMILES string of the molecule is CCC(C)N1CCCC(NC2CC2)C1. The van der Waals surface area contributed by atoms with Crippen molar-refractivity contribution in [2.75, 3.05) is 13.1 Å². The van der Waals surface area contributed by atoms with Crippen molar-refractivity contribution in [2.45, 2.75) is 64.1 Å². The van der Waals surface area contributed by atoms with Crippen LogP contribution in [0.15, 0.2) is 0 Å². The van der Waals surface area contributed by atoms with Crippen LogP contribution in [-0.2, 0) is 0 Å². The van der Waals surface area contributed by atoms with Crippen molar-refractivity contribution in [3.8, 4) is 0 Å². The molecule has 1 N–H and O–H groups in total. The molecule has 0 spiro atoms. The van der Waals surface area contributed by atoms with Gasteiger partial charge in [0.15, 0.2) is 0 Å². The third-order valence-corrected chi connectivity index (χ3v) is 3.72. The number of nitrogens with zero attached hydrogens (tertiary/aromatic N) is 1. The highest BCUT2D eigenvalue weighted by Gasteiger charge is 2.28. The van der Waals surface area contributed by atoms with Crippen LogP contribution in [0.4, 0.5) is 0 Å². The van der Waals surface area contributed by atoms with E-state index in [0.29, 0.717) is 0 Å². The molecule has 1 heterocycles. The molecule has 82 valence electrons. The lowest BCUT2D eigenvalue weighted by Gasteiger charge is -2.37. The normalized spacial score (nSPS) is 31.7. The van der Waals surface area contributed by atoms with E-state index in [1.165, 1.54) is 45.2 Å². The molecule has 0 bridgehead atoms. The summed E-state index contributed by atoms with van der Waals surface area (Å²) in [5.74, 6) is 0. The van der Waals surface area contributed by atoms with Gasteiger partial charge in [0.05, 0.1) is 0 Å². The Hall–Kier alpha value is -0.0800. The molecule has 0 aromatic heterocycles. The first kappa shape index (κ1) is 10.4. The summed E-state index contributed by atoms with van der Waals surface area (Å²) in [4.78, 5) is 2.66. The molecule has 0 aromatic rings. The van der Waals surface area contributed by atoms with Crippen LogP contribution in [0.5, 0.6) is 0 Å². The first-order valence-corrected chi connectivity index (χ1v) is 6.29. The van der Waals surface area contributed by atoms with Crippen molar-refractivity contribution in [1.82, 2.24) is 10.2 Å². The van der Waals surface area contributed by atoms with Gasteiger partial charge in [-0.3, -0.25) is 4.90 Å². The third-order valence-electron chi connectivity index (χ3n) is 3.72. The molecule has 0 radical (unpaired) electrons. The van der Waals surface area contributed by atoms with Crippen LogP contribution in [0, 0.1) is 0 Å². The lowest BCUT2D eigenvalue weighted by Crippen LogP contribution is -2.49. The Bertz CT molecular complexity index is 177. The molecule has 1 aliphatic heterocycles. The van der Waals surface area contributed by atoms with Crippen molar-refractivity contribution >= 4 is 0 Å². The summed E-state index contributed by atoms with van der Waals surface area (Å²) < 4.78 is 0. The Morgan fingerprint density at radius 2 is 2.07 bits per heavy atom. The summed E-state index contributed by atoms with van der Waals surface area (Å²) in [6, 6.07) is 2.43. The molecule has 0 aromatic carbocycles. The average Bonchev–Trinajstić information content (AvgIpc) is 3.01. The van der Waals surface area contributed by atoms with Crippen LogP contribution in [0.25, 0.3) is 0 Å². The lowest BCUT2D eigenvalue weighted by atomic mass is 10.0. The molecule has 1 saturated heterocycles. The second-order valence-electron chi connectivity index (χ2n) is 5.03.